The van der Waals surface area contributed by atoms with Crippen LogP contribution in [0.4, 0.5) is 11.4 Å². The Kier molecular flexibility index (Phi) is 1.86. The molecular formula is C7H8N2O3. The molecule has 1 aromatic rings. The summed E-state index contributed by atoms with van der Waals surface area (Å²) in [5, 5.41) is 19.4. The number of nitro benzene ring substituents is 1. The Morgan fingerprint density at radius 2 is 2.17 bits per heavy atom. The first-order chi connectivity index (χ1) is 5.52. The number of non-ortho nitro benzene ring substituents is 1. The fourth-order valence-electron chi connectivity index (χ4n) is 0.866. The van der Waals surface area contributed by atoms with E-state index < -0.39 is 4.92 Å². The number of anilines is 1. The average Bonchev–Trinajstić information content (AvgIpc) is 1.99. The molecule has 1 rings (SSSR count). The first-order valence-electron chi connectivity index (χ1n) is 3.26. The van der Waals surface area contributed by atoms with E-state index in [0.717, 1.165) is 6.07 Å². The molecule has 0 aromatic heterocycles. The minimum absolute atomic E-state index is 0.154. The summed E-state index contributed by atoms with van der Waals surface area (Å²) in [6.45, 7) is 1.60. The van der Waals surface area contributed by atoms with Crippen molar-refractivity contribution in [2.24, 2.45) is 0 Å². The van der Waals surface area contributed by atoms with Crippen LogP contribution in [0.15, 0.2) is 12.1 Å². The van der Waals surface area contributed by atoms with Crippen molar-refractivity contribution in [3.63, 3.8) is 0 Å². The molecule has 0 radical (unpaired) electrons. The van der Waals surface area contributed by atoms with Crippen LogP contribution in [0.3, 0.4) is 0 Å². The lowest BCUT2D eigenvalue weighted by Crippen LogP contribution is -1.93. The van der Waals surface area contributed by atoms with E-state index in [4.69, 9.17) is 10.8 Å². The van der Waals surface area contributed by atoms with E-state index in [0.29, 0.717) is 5.56 Å². The fourth-order valence-corrected chi connectivity index (χ4v) is 0.866. The molecule has 0 aliphatic heterocycles. The number of phenols is 1. The van der Waals surface area contributed by atoms with E-state index >= 15 is 0 Å². The van der Waals surface area contributed by atoms with Crippen LogP contribution in [0, 0.1) is 17.0 Å². The van der Waals surface area contributed by atoms with Crippen molar-refractivity contribution < 1.29 is 10.0 Å². The summed E-state index contributed by atoms with van der Waals surface area (Å²) in [6, 6.07) is 2.34. The Morgan fingerprint density at radius 1 is 1.58 bits per heavy atom. The van der Waals surface area contributed by atoms with Crippen LogP contribution in [-0.2, 0) is 0 Å². The molecule has 0 atom stereocenters. The van der Waals surface area contributed by atoms with Crippen LogP contribution in [0.1, 0.15) is 5.56 Å². The number of hydrogen-bond acceptors (Lipinski definition) is 4. The second-order valence-electron chi connectivity index (χ2n) is 2.45. The van der Waals surface area contributed by atoms with Gasteiger partial charge in [0.25, 0.3) is 5.69 Å². The van der Waals surface area contributed by atoms with E-state index in [1.54, 1.807) is 6.92 Å². The highest BCUT2D eigenvalue weighted by Crippen LogP contribution is 2.28. The number of hydrogen-bond donors (Lipinski definition) is 2. The molecule has 0 saturated carbocycles. The minimum atomic E-state index is -0.577. The molecule has 12 heavy (non-hydrogen) atoms. The Balaban J connectivity index is 3.31. The third kappa shape index (κ3) is 1.29. The lowest BCUT2D eigenvalue weighted by Gasteiger charge is -2.01. The standard InChI is InChI=1S/C7H8N2O3/c1-4-2-5(9(11)12)3-6(10)7(4)8/h2-3,10H,8H2,1H3. The van der Waals surface area contributed by atoms with Crippen molar-refractivity contribution in [1.29, 1.82) is 0 Å². The molecule has 0 fully saturated rings. The molecule has 0 unspecified atom stereocenters. The van der Waals surface area contributed by atoms with Crippen molar-refractivity contribution in [3.05, 3.63) is 27.8 Å². The summed E-state index contributed by atoms with van der Waals surface area (Å²) in [6.07, 6.45) is 0. The molecule has 0 aliphatic rings. The summed E-state index contributed by atoms with van der Waals surface area (Å²) in [4.78, 5) is 9.69. The van der Waals surface area contributed by atoms with Gasteiger partial charge in [-0.25, -0.2) is 0 Å². The molecule has 1 aromatic carbocycles. The largest absolute Gasteiger partial charge is 0.506 e. The highest BCUT2D eigenvalue weighted by molar-refractivity contribution is 5.62. The molecule has 0 heterocycles. The van der Waals surface area contributed by atoms with Gasteiger partial charge in [-0.1, -0.05) is 0 Å². The van der Waals surface area contributed by atoms with Gasteiger partial charge in [0, 0.05) is 6.07 Å². The topological polar surface area (TPSA) is 89.4 Å². The van der Waals surface area contributed by atoms with Gasteiger partial charge in [0.1, 0.15) is 5.75 Å². The van der Waals surface area contributed by atoms with Crippen LogP contribution >= 0.6 is 0 Å². The van der Waals surface area contributed by atoms with E-state index in [1.165, 1.54) is 6.07 Å². The Morgan fingerprint density at radius 3 is 2.58 bits per heavy atom. The molecule has 0 saturated heterocycles. The molecule has 64 valence electrons. The SMILES string of the molecule is Cc1cc([N+](=O)[O-])cc(O)c1N. The second-order valence-corrected chi connectivity index (χ2v) is 2.45. The lowest BCUT2D eigenvalue weighted by molar-refractivity contribution is -0.385. The number of phenolic OH excluding ortho intramolecular Hbond substituents is 1. The monoisotopic (exact) mass is 168 g/mol. The fraction of sp³-hybridized carbons (Fsp3) is 0.143. The zero-order valence-electron chi connectivity index (χ0n) is 6.44. The average molecular weight is 168 g/mol. The number of nitrogens with zero attached hydrogens (tertiary/aromatic N) is 1. The molecule has 0 amide bonds. The maximum atomic E-state index is 10.3. The maximum absolute atomic E-state index is 10.3. The van der Waals surface area contributed by atoms with E-state index in [2.05, 4.69) is 0 Å². The van der Waals surface area contributed by atoms with Gasteiger partial charge in [-0.05, 0) is 12.5 Å². The van der Waals surface area contributed by atoms with Crippen molar-refractivity contribution in [3.8, 4) is 5.75 Å². The first kappa shape index (κ1) is 8.32. The number of rotatable bonds is 1. The molecule has 0 aliphatic carbocycles. The van der Waals surface area contributed by atoms with E-state index in [9.17, 15) is 10.1 Å². The van der Waals surface area contributed by atoms with Crippen molar-refractivity contribution in [2.75, 3.05) is 5.73 Å². The molecular weight excluding hydrogens is 160 g/mol. The normalized spacial score (nSPS) is 9.75. The van der Waals surface area contributed by atoms with Crippen molar-refractivity contribution in [2.45, 2.75) is 6.92 Å². The summed E-state index contributed by atoms with van der Waals surface area (Å²) in [5.74, 6) is -0.248. The Labute approximate surface area is 68.6 Å². The number of nitro groups is 1. The predicted molar refractivity (Wildman–Crippen MR) is 43.9 cm³/mol. The maximum Gasteiger partial charge on any atom is 0.273 e. The van der Waals surface area contributed by atoms with Crippen LogP contribution < -0.4 is 5.73 Å². The van der Waals surface area contributed by atoms with Gasteiger partial charge in [0.05, 0.1) is 16.7 Å². The second kappa shape index (κ2) is 2.69. The number of nitrogens with two attached hydrogens (primary N) is 1. The number of benzene rings is 1. The summed E-state index contributed by atoms with van der Waals surface area (Å²) in [5.41, 5.74) is 5.91. The zero-order valence-corrected chi connectivity index (χ0v) is 6.44. The van der Waals surface area contributed by atoms with E-state index in [-0.39, 0.29) is 17.1 Å². The Bertz CT molecular complexity index is 312. The molecule has 0 spiro atoms. The number of nitrogen functional groups attached to an aromatic ring is 1. The van der Waals surface area contributed by atoms with Crippen molar-refractivity contribution >= 4 is 11.4 Å². The quantitative estimate of drug-likeness (QED) is 0.285. The van der Waals surface area contributed by atoms with Crippen LogP contribution in [0.5, 0.6) is 5.75 Å². The van der Waals surface area contributed by atoms with Gasteiger partial charge >= 0.3 is 0 Å². The molecule has 5 heteroatoms. The lowest BCUT2D eigenvalue weighted by atomic mass is 10.1. The highest BCUT2D eigenvalue weighted by Gasteiger charge is 2.10. The van der Waals surface area contributed by atoms with Crippen molar-refractivity contribution in [1.82, 2.24) is 0 Å². The molecule has 3 N–H and O–H groups in total. The predicted octanol–water partition coefficient (Wildman–Crippen LogP) is 1.19. The van der Waals surface area contributed by atoms with Gasteiger partial charge < -0.3 is 10.8 Å². The summed E-state index contributed by atoms with van der Waals surface area (Å²) >= 11 is 0. The first-order valence-corrected chi connectivity index (χ1v) is 3.26. The summed E-state index contributed by atoms with van der Waals surface area (Å²) < 4.78 is 0. The van der Waals surface area contributed by atoms with Gasteiger partial charge in [0.2, 0.25) is 0 Å². The van der Waals surface area contributed by atoms with E-state index in [1.807, 2.05) is 0 Å². The number of aromatic hydroxyl groups is 1. The van der Waals surface area contributed by atoms with Gasteiger partial charge in [-0.3, -0.25) is 10.1 Å². The van der Waals surface area contributed by atoms with Gasteiger partial charge in [0.15, 0.2) is 0 Å². The van der Waals surface area contributed by atoms with Gasteiger partial charge in [-0.2, -0.15) is 0 Å². The third-order valence-electron chi connectivity index (χ3n) is 1.56. The summed E-state index contributed by atoms with van der Waals surface area (Å²) in [7, 11) is 0. The number of aryl methyl sites for hydroxylation is 1. The van der Waals surface area contributed by atoms with Crippen LogP contribution in [-0.4, -0.2) is 10.0 Å². The minimum Gasteiger partial charge on any atom is -0.506 e. The Hall–Kier alpha value is -1.78. The zero-order chi connectivity index (χ0) is 9.30. The van der Waals surface area contributed by atoms with Crippen LogP contribution in [0.25, 0.3) is 0 Å². The molecule has 5 nitrogen and oxygen atoms in total. The van der Waals surface area contributed by atoms with Gasteiger partial charge in [-0.15, -0.1) is 0 Å². The van der Waals surface area contributed by atoms with Crippen LogP contribution in [0.2, 0.25) is 0 Å². The smallest absolute Gasteiger partial charge is 0.273 e. The third-order valence-corrected chi connectivity index (χ3v) is 1.56. The molecule has 0 bridgehead atoms. The highest BCUT2D eigenvalue weighted by atomic mass is 16.6.